The minimum absolute atomic E-state index is 0.00650. The van der Waals surface area contributed by atoms with Crippen molar-refractivity contribution in [1.82, 2.24) is 4.90 Å². The van der Waals surface area contributed by atoms with Crippen LogP contribution in [0.1, 0.15) is 25.5 Å². The molecule has 1 aromatic rings. The van der Waals surface area contributed by atoms with Gasteiger partial charge in [-0.05, 0) is 31.5 Å². The van der Waals surface area contributed by atoms with Crippen molar-refractivity contribution in [1.29, 1.82) is 0 Å². The Morgan fingerprint density at radius 1 is 1.32 bits per heavy atom. The third kappa shape index (κ3) is 4.59. The van der Waals surface area contributed by atoms with E-state index in [0.29, 0.717) is 18.7 Å². The highest BCUT2D eigenvalue weighted by molar-refractivity contribution is 5.33. The van der Waals surface area contributed by atoms with Crippen molar-refractivity contribution in [2.45, 2.75) is 26.0 Å². The summed E-state index contributed by atoms with van der Waals surface area (Å²) in [4.78, 5) is 12.0. The zero-order valence-electron chi connectivity index (χ0n) is 11.2. The molecule has 0 radical (unpaired) electrons. The molecule has 2 N–H and O–H groups in total. The summed E-state index contributed by atoms with van der Waals surface area (Å²) >= 11 is 0. The zero-order chi connectivity index (χ0) is 14.4. The highest BCUT2D eigenvalue weighted by Crippen LogP contribution is 2.19. The van der Waals surface area contributed by atoms with Crippen molar-refractivity contribution in [3.8, 4) is 0 Å². The van der Waals surface area contributed by atoms with Gasteiger partial charge >= 0.3 is 0 Å². The Bertz CT molecular complexity index is 406. The predicted octanol–water partition coefficient (Wildman–Crippen LogP) is 1.33. The molecule has 0 unspecified atom stereocenters. The molecule has 0 aromatic heterocycles. The van der Waals surface area contributed by atoms with Gasteiger partial charge in [-0.1, -0.05) is 0 Å². The highest BCUT2D eigenvalue weighted by Gasteiger charge is 2.16. The number of non-ortho nitro benzene ring substituents is 1. The lowest BCUT2D eigenvalue weighted by Crippen LogP contribution is -2.36. The van der Waals surface area contributed by atoms with Gasteiger partial charge < -0.3 is 10.2 Å². The Balaban J connectivity index is 2.71. The van der Waals surface area contributed by atoms with Gasteiger partial charge in [0.15, 0.2) is 0 Å². The predicted molar refractivity (Wildman–Crippen MR) is 71.9 cm³/mol. The normalized spacial score (nSPS) is 12.9. The second kappa shape index (κ2) is 7.18. The average Bonchev–Trinajstić information content (AvgIpc) is 2.38. The first kappa shape index (κ1) is 15.6. The van der Waals surface area contributed by atoms with E-state index in [1.807, 2.05) is 18.7 Å². The van der Waals surface area contributed by atoms with E-state index in [9.17, 15) is 15.2 Å². The molecule has 0 fully saturated rings. The van der Waals surface area contributed by atoms with Crippen LogP contribution in [0.3, 0.4) is 0 Å². The molecule has 0 heterocycles. The van der Waals surface area contributed by atoms with Gasteiger partial charge in [-0.3, -0.25) is 15.0 Å². The topological polar surface area (TPSA) is 86.8 Å². The maximum atomic E-state index is 10.5. The summed E-state index contributed by atoms with van der Waals surface area (Å²) in [6.07, 6.45) is -0.727. The van der Waals surface area contributed by atoms with Gasteiger partial charge in [-0.2, -0.15) is 0 Å². The smallest absolute Gasteiger partial charge is 0.269 e. The second-order valence-corrected chi connectivity index (χ2v) is 4.68. The van der Waals surface area contributed by atoms with Crippen LogP contribution in [0.2, 0.25) is 0 Å². The summed E-state index contributed by atoms with van der Waals surface area (Å²) in [5.74, 6) is 0. The fourth-order valence-corrected chi connectivity index (χ4v) is 1.83. The Morgan fingerprint density at radius 3 is 2.32 bits per heavy atom. The average molecular weight is 268 g/mol. The van der Waals surface area contributed by atoms with E-state index in [1.54, 1.807) is 12.1 Å². The van der Waals surface area contributed by atoms with Gasteiger partial charge in [0.2, 0.25) is 0 Å². The molecule has 106 valence electrons. The molecule has 0 aliphatic rings. The van der Waals surface area contributed by atoms with Crippen molar-refractivity contribution in [2.24, 2.45) is 0 Å². The first-order valence-electron chi connectivity index (χ1n) is 6.23. The highest BCUT2D eigenvalue weighted by atomic mass is 16.6. The van der Waals surface area contributed by atoms with Gasteiger partial charge in [-0.25, -0.2) is 0 Å². The van der Waals surface area contributed by atoms with Crippen molar-refractivity contribution in [3.63, 3.8) is 0 Å². The summed E-state index contributed by atoms with van der Waals surface area (Å²) in [5.41, 5.74) is 0.640. The molecule has 0 amide bonds. The first-order valence-corrected chi connectivity index (χ1v) is 6.23. The molecule has 0 aliphatic heterocycles. The summed E-state index contributed by atoms with van der Waals surface area (Å²) in [6, 6.07) is 6.08. The first-order chi connectivity index (χ1) is 8.95. The molecule has 0 aliphatic carbocycles. The largest absolute Gasteiger partial charge is 0.395 e. The molecule has 1 aromatic carbocycles. The van der Waals surface area contributed by atoms with Crippen LogP contribution < -0.4 is 0 Å². The van der Waals surface area contributed by atoms with Gasteiger partial charge in [0, 0.05) is 31.3 Å². The van der Waals surface area contributed by atoms with Gasteiger partial charge in [-0.15, -0.1) is 0 Å². The quantitative estimate of drug-likeness (QED) is 0.575. The van der Waals surface area contributed by atoms with Gasteiger partial charge in [0.25, 0.3) is 5.69 Å². The fraction of sp³-hybridized carbons (Fsp3) is 0.538. The summed E-state index contributed by atoms with van der Waals surface area (Å²) < 4.78 is 0. The number of aliphatic hydroxyl groups excluding tert-OH is 2. The molecule has 1 rings (SSSR count). The van der Waals surface area contributed by atoms with Crippen LogP contribution in [-0.4, -0.2) is 45.8 Å². The van der Waals surface area contributed by atoms with E-state index in [4.69, 9.17) is 5.11 Å². The van der Waals surface area contributed by atoms with E-state index >= 15 is 0 Å². The SMILES string of the molecule is CC(C)N(CCO)C[C@H](O)c1ccc([N+](=O)[O-])cc1. The zero-order valence-corrected chi connectivity index (χ0v) is 11.2. The monoisotopic (exact) mass is 268 g/mol. The van der Waals surface area contributed by atoms with E-state index in [0.717, 1.165) is 0 Å². The Hall–Kier alpha value is -1.50. The van der Waals surface area contributed by atoms with E-state index in [1.165, 1.54) is 12.1 Å². The Kier molecular flexibility index (Phi) is 5.88. The maximum Gasteiger partial charge on any atom is 0.269 e. The lowest BCUT2D eigenvalue weighted by Gasteiger charge is -2.28. The number of hydrogen-bond donors (Lipinski definition) is 2. The summed E-state index contributed by atoms with van der Waals surface area (Å²) in [5, 5.41) is 29.6. The molecule has 1 atom stereocenters. The minimum atomic E-state index is -0.727. The summed E-state index contributed by atoms with van der Waals surface area (Å²) in [7, 11) is 0. The number of nitro groups is 1. The van der Waals surface area contributed by atoms with Crippen LogP contribution >= 0.6 is 0 Å². The van der Waals surface area contributed by atoms with Crippen molar-refractivity contribution < 1.29 is 15.1 Å². The second-order valence-electron chi connectivity index (χ2n) is 4.68. The minimum Gasteiger partial charge on any atom is -0.395 e. The van der Waals surface area contributed by atoms with Crippen LogP contribution in [0.5, 0.6) is 0 Å². The van der Waals surface area contributed by atoms with Crippen molar-refractivity contribution in [2.75, 3.05) is 19.7 Å². The molecule has 0 saturated heterocycles. The van der Waals surface area contributed by atoms with E-state index in [2.05, 4.69) is 0 Å². The van der Waals surface area contributed by atoms with E-state index < -0.39 is 11.0 Å². The molecule has 19 heavy (non-hydrogen) atoms. The number of aliphatic hydroxyl groups is 2. The Labute approximate surface area is 112 Å². The standard InChI is InChI=1S/C13H20N2O4/c1-10(2)14(7-8-16)9-13(17)11-3-5-12(6-4-11)15(18)19/h3-6,10,13,16-17H,7-9H2,1-2H3/t13-/m0/s1. The number of nitro benzene ring substituents is 1. The fourth-order valence-electron chi connectivity index (χ4n) is 1.83. The van der Waals surface area contributed by atoms with Crippen LogP contribution in [0.4, 0.5) is 5.69 Å². The lowest BCUT2D eigenvalue weighted by molar-refractivity contribution is -0.384. The van der Waals surface area contributed by atoms with Crippen LogP contribution in [-0.2, 0) is 0 Å². The van der Waals surface area contributed by atoms with Crippen molar-refractivity contribution in [3.05, 3.63) is 39.9 Å². The van der Waals surface area contributed by atoms with Crippen molar-refractivity contribution >= 4 is 5.69 Å². The number of rotatable bonds is 7. The third-order valence-corrected chi connectivity index (χ3v) is 3.01. The third-order valence-electron chi connectivity index (χ3n) is 3.01. The van der Waals surface area contributed by atoms with Gasteiger partial charge in [0.1, 0.15) is 0 Å². The molecular formula is C13H20N2O4. The molecule has 6 nitrogen and oxygen atoms in total. The molecular weight excluding hydrogens is 248 g/mol. The number of nitrogens with zero attached hydrogens (tertiary/aromatic N) is 2. The van der Waals surface area contributed by atoms with Crippen LogP contribution in [0, 0.1) is 10.1 Å². The van der Waals surface area contributed by atoms with Gasteiger partial charge in [0.05, 0.1) is 17.6 Å². The molecule has 0 spiro atoms. The summed E-state index contributed by atoms with van der Waals surface area (Å²) in [6.45, 7) is 4.87. The number of benzene rings is 1. The van der Waals surface area contributed by atoms with E-state index in [-0.39, 0.29) is 18.3 Å². The lowest BCUT2D eigenvalue weighted by atomic mass is 10.1. The Morgan fingerprint density at radius 2 is 1.89 bits per heavy atom. The maximum absolute atomic E-state index is 10.5. The molecule has 0 bridgehead atoms. The molecule has 6 heteroatoms. The van der Waals surface area contributed by atoms with Crippen LogP contribution in [0.15, 0.2) is 24.3 Å². The number of hydrogen-bond acceptors (Lipinski definition) is 5. The van der Waals surface area contributed by atoms with Crippen LogP contribution in [0.25, 0.3) is 0 Å². The molecule has 0 saturated carbocycles.